The molecule has 20 heavy (non-hydrogen) atoms. The zero-order valence-electron chi connectivity index (χ0n) is 11.0. The molecule has 1 aromatic carbocycles. The molecule has 0 aliphatic rings. The summed E-state index contributed by atoms with van der Waals surface area (Å²) in [5.41, 5.74) is 1.85. The predicted octanol–water partition coefficient (Wildman–Crippen LogP) is 3.18. The number of imidazole rings is 1. The monoisotopic (exact) mass is 333 g/mol. The third-order valence-electron chi connectivity index (χ3n) is 3.04. The van der Waals surface area contributed by atoms with E-state index in [1.165, 1.54) is 0 Å². The van der Waals surface area contributed by atoms with Gasteiger partial charge in [0.15, 0.2) is 11.5 Å². The van der Waals surface area contributed by atoms with Gasteiger partial charge in [-0.1, -0.05) is 0 Å². The van der Waals surface area contributed by atoms with E-state index in [0.29, 0.717) is 11.5 Å². The summed E-state index contributed by atoms with van der Waals surface area (Å²) >= 11 is 3.45. The molecule has 0 bridgehead atoms. The maximum absolute atomic E-state index is 5.33. The highest BCUT2D eigenvalue weighted by Crippen LogP contribution is 2.33. The van der Waals surface area contributed by atoms with Crippen molar-refractivity contribution in [1.82, 2.24) is 14.4 Å². The lowest BCUT2D eigenvalue weighted by Gasteiger charge is -2.09. The second-order valence-electron chi connectivity index (χ2n) is 4.13. The van der Waals surface area contributed by atoms with Crippen LogP contribution in [0.5, 0.6) is 11.5 Å². The zero-order valence-corrected chi connectivity index (χ0v) is 12.6. The number of benzene rings is 1. The first kappa shape index (κ1) is 12.9. The van der Waals surface area contributed by atoms with E-state index in [1.54, 1.807) is 26.6 Å². The van der Waals surface area contributed by atoms with E-state index in [4.69, 9.17) is 9.47 Å². The second kappa shape index (κ2) is 5.13. The van der Waals surface area contributed by atoms with Crippen LogP contribution in [0.1, 0.15) is 0 Å². The first-order valence-corrected chi connectivity index (χ1v) is 6.74. The van der Waals surface area contributed by atoms with E-state index >= 15 is 0 Å². The van der Waals surface area contributed by atoms with Crippen LogP contribution in [-0.4, -0.2) is 28.6 Å². The van der Waals surface area contributed by atoms with Gasteiger partial charge in [-0.15, -0.1) is 0 Å². The van der Waals surface area contributed by atoms with Gasteiger partial charge >= 0.3 is 0 Å². The fourth-order valence-electron chi connectivity index (χ4n) is 2.08. The van der Waals surface area contributed by atoms with Crippen LogP contribution < -0.4 is 9.47 Å². The first-order valence-electron chi connectivity index (χ1n) is 5.94. The van der Waals surface area contributed by atoms with Crippen molar-refractivity contribution in [3.8, 4) is 22.9 Å². The summed E-state index contributed by atoms with van der Waals surface area (Å²) in [5, 5.41) is 0. The predicted molar refractivity (Wildman–Crippen MR) is 79.2 cm³/mol. The molecule has 0 aliphatic heterocycles. The molecule has 0 saturated heterocycles. The van der Waals surface area contributed by atoms with Crippen molar-refractivity contribution in [3.63, 3.8) is 0 Å². The standard InChI is InChI=1S/C14H12BrN3O2/c1-19-11-4-3-9(7-12(11)20-2)14-17-13(15)10-8-16-5-6-18(10)14/h3-8H,1-2H3. The number of hydrogen-bond acceptors (Lipinski definition) is 4. The molecule has 0 radical (unpaired) electrons. The van der Waals surface area contributed by atoms with Crippen molar-refractivity contribution in [2.24, 2.45) is 0 Å². The largest absolute Gasteiger partial charge is 0.493 e. The third kappa shape index (κ3) is 2.02. The highest BCUT2D eigenvalue weighted by atomic mass is 79.9. The third-order valence-corrected chi connectivity index (χ3v) is 3.63. The minimum atomic E-state index is 0.673. The summed E-state index contributed by atoms with van der Waals surface area (Å²) in [4.78, 5) is 8.64. The van der Waals surface area contributed by atoms with Crippen LogP contribution >= 0.6 is 15.9 Å². The second-order valence-corrected chi connectivity index (χ2v) is 4.88. The topological polar surface area (TPSA) is 48.7 Å². The van der Waals surface area contributed by atoms with E-state index in [2.05, 4.69) is 25.9 Å². The van der Waals surface area contributed by atoms with Crippen LogP contribution in [-0.2, 0) is 0 Å². The highest BCUT2D eigenvalue weighted by Gasteiger charge is 2.13. The van der Waals surface area contributed by atoms with Crippen LogP contribution in [0.25, 0.3) is 16.9 Å². The molecule has 3 rings (SSSR count). The number of ether oxygens (including phenoxy) is 2. The molecule has 5 nitrogen and oxygen atoms in total. The molecule has 0 saturated carbocycles. The van der Waals surface area contributed by atoms with Gasteiger partial charge in [0.1, 0.15) is 10.4 Å². The average Bonchev–Trinajstić information content (AvgIpc) is 2.84. The lowest BCUT2D eigenvalue weighted by Crippen LogP contribution is -1.93. The molecule has 0 fully saturated rings. The zero-order chi connectivity index (χ0) is 14.1. The lowest BCUT2D eigenvalue weighted by atomic mass is 10.2. The molecule has 2 aromatic heterocycles. The molecular weight excluding hydrogens is 322 g/mol. The average molecular weight is 334 g/mol. The smallest absolute Gasteiger partial charge is 0.161 e. The maximum Gasteiger partial charge on any atom is 0.161 e. The number of halogens is 1. The minimum absolute atomic E-state index is 0.673. The van der Waals surface area contributed by atoms with Gasteiger partial charge in [-0.05, 0) is 34.1 Å². The lowest BCUT2D eigenvalue weighted by molar-refractivity contribution is 0.355. The van der Waals surface area contributed by atoms with Gasteiger partial charge in [0.25, 0.3) is 0 Å². The van der Waals surface area contributed by atoms with E-state index < -0.39 is 0 Å². The van der Waals surface area contributed by atoms with E-state index in [9.17, 15) is 0 Å². The molecule has 6 heteroatoms. The van der Waals surface area contributed by atoms with Gasteiger partial charge in [0.2, 0.25) is 0 Å². The molecule has 0 unspecified atom stereocenters. The number of nitrogens with zero attached hydrogens (tertiary/aromatic N) is 3. The molecule has 0 atom stereocenters. The Labute approximate surface area is 124 Å². The van der Waals surface area contributed by atoms with Gasteiger partial charge in [-0.25, -0.2) is 4.98 Å². The van der Waals surface area contributed by atoms with Crippen LogP contribution in [0.3, 0.4) is 0 Å². The molecule has 0 amide bonds. The quantitative estimate of drug-likeness (QED) is 0.738. The van der Waals surface area contributed by atoms with Crippen LogP contribution in [0.2, 0.25) is 0 Å². The van der Waals surface area contributed by atoms with E-state index in [0.717, 1.165) is 21.5 Å². The Morgan fingerprint density at radius 1 is 1.15 bits per heavy atom. The van der Waals surface area contributed by atoms with Gasteiger partial charge in [-0.3, -0.25) is 9.38 Å². The van der Waals surface area contributed by atoms with Crippen molar-refractivity contribution in [2.45, 2.75) is 0 Å². The molecule has 0 N–H and O–H groups in total. The Kier molecular flexibility index (Phi) is 3.31. The Balaban J connectivity index is 2.21. The van der Waals surface area contributed by atoms with Gasteiger partial charge in [0.05, 0.1) is 25.9 Å². The van der Waals surface area contributed by atoms with Crippen molar-refractivity contribution in [3.05, 3.63) is 41.4 Å². The van der Waals surface area contributed by atoms with Gasteiger partial charge < -0.3 is 9.47 Å². The molecule has 102 valence electrons. The fraction of sp³-hybridized carbons (Fsp3) is 0.143. The summed E-state index contributed by atoms with van der Waals surface area (Å²) < 4.78 is 13.3. The Hall–Kier alpha value is -2.08. The van der Waals surface area contributed by atoms with Crippen LogP contribution in [0.4, 0.5) is 0 Å². The van der Waals surface area contributed by atoms with Crippen LogP contribution in [0, 0.1) is 0 Å². The van der Waals surface area contributed by atoms with E-state index in [1.807, 2.05) is 28.8 Å². The van der Waals surface area contributed by atoms with Crippen molar-refractivity contribution in [2.75, 3.05) is 14.2 Å². The number of hydrogen-bond donors (Lipinski definition) is 0. The Morgan fingerprint density at radius 3 is 2.70 bits per heavy atom. The molecule has 3 aromatic rings. The Bertz CT molecular complexity index is 770. The SMILES string of the molecule is COc1ccc(-c2nc(Br)c3cnccn23)cc1OC. The summed E-state index contributed by atoms with van der Waals surface area (Å²) in [6.45, 7) is 0. The number of methoxy groups -OCH3 is 2. The van der Waals surface area contributed by atoms with Crippen molar-refractivity contribution >= 4 is 21.4 Å². The van der Waals surface area contributed by atoms with Gasteiger partial charge in [0, 0.05) is 18.0 Å². The normalized spacial score (nSPS) is 10.8. The fourth-order valence-corrected chi connectivity index (χ4v) is 2.54. The summed E-state index contributed by atoms with van der Waals surface area (Å²) in [6, 6.07) is 5.72. The maximum atomic E-state index is 5.33. The van der Waals surface area contributed by atoms with E-state index in [-0.39, 0.29) is 0 Å². The molecular formula is C14H12BrN3O2. The number of aromatic nitrogens is 3. The summed E-state index contributed by atoms with van der Waals surface area (Å²) in [5.74, 6) is 2.18. The Morgan fingerprint density at radius 2 is 1.95 bits per heavy atom. The van der Waals surface area contributed by atoms with Crippen molar-refractivity contribution in [1.29, 1.82) is 0 Å². The minimum Gasteiger partial charge on any atom is -0.493 e. The highest BCUT2D eigenvalue weighted by molar-refractivity contribution is 9.10. The van der Waals surface area contributed by atoms with Gasteiger partial charge in [-0.2, -0.15) is 0 Å². The molecule has 0 aliphatic carbocycles. The number of rotatable bonds is 3. The summed E-state index contributed by atoms with van der Waals surface area (Å²) in [7, 11) is 3.23. The van der Waals surface area contributed by atoms with Crippen LogP contribution in [0.15, 0.2) is 41.4 Å². The molecule has 0 spiro atoms. The molecule has 2 heterocycles. The number of fused-ring (bicyclic) bond motifs is 1. The van der Waals surface area contributed by atoms with Crippen molar-refractivity contribution < 1.29 is 9.47 Å². The summed E-state index contributed by atoms with van der Waals surface area (Å²) in [6.07, 6.45) is 5.37. The first-order chi connectivity index (χ1) is 9.74.